The Morgan fingerprint density at radius 2 is 1.86 bits per heavy atom. The first-order valence-electron chi connectivity index (χ1n) is 12.3. The molecule has 1 spiro atoms. The van der Waals surface area contributed by atoms with Gasteiger partial charge in [0.05, 0.1) is 11.4 Å². The number of hydrogen-bond acceptors (Lipinski definition) is 6. The lowest BCUT2D eigenvalue weighted by Gasteiger charge is -2.41. The van der Waals surface area contributed by atoms with E-state index >= 15 is 0 Å². The summed E-state index contributed by atoms with van der Waals surface area (Å²) < 4.78 is 39.1. The Morgan fingerprint density at radius 3 is 2.50 bits per heavy atom. The summed E-state index contributed by atoms with van der Waals surface area (Å²) in [6, 6.07) is 3.08. The molecule has 12 heteroatoms. The predicted octanol–water partition coefficient (Wildman–Crippen LogP) is 2.91. The van der Waals surface area contributed by atoms with Crippen molar-refractivity contribution < 1.29 is 27.9 Å². The Labute approximate surface area is 205 Å². The Kier molecular flexibility index (Phi) is 6.05. The van der Waals surface area contributed by atoms with E-state index in [9.17, 15) is 27.9 Å². The van der Waals surface area contributed by atoms with E-state index in [1.807, 2.05) is 11.8 Å². The topological polar surface area (TPSA) is 124 Å². The monoisotopic (exact) mass is 506 g/mol. The molecule has 1 aliphatic heterocycles. The molecule has 0 bridgehead atoms. The summed E-state index contributed by atoms with van der Waals surface area (Å²) in [5.74, 6) is -0.686. The molecule has 0 radical (unpaired) electrons. The number of amides is 2. The van der Waals surface area contributed by atoms with Crippen LogP contribution in [0.4, 0.5) is 13.2 Å². The fraction of sp³-hybridized carbons (Fsp3) is 0.625. The number of carbonyl (C=O) groups excluding carboxylic acids is 2. The molecule has 36 heavy (non-hydrogen) atoms. The SMILES string of the molecule is Cc1cc(-c2cc(C(=O)N3CC[C@@H](C(=O)N[C@H]4CC[C@@](O)(C(F)(F)F)CC4)CC34CC4)n[nH]2)ncn1. The molecule has 0 unspecified atom stereocenters. The smallest absolute Gasteiger partial charge is 0.380 e. The van der Waals surface area contributed by atoms with Crippen LogP contribution in [0.15, 0.2) is 18.5 Å². The summed E-state index contributed by atoms with van der Waals surface area (Å²) in [7, 11) is 0. The second-order valence-corrected chi connectivity index (χ2v) is 10.4. The van der Waals surface area contributed by atoms with Crippen molar-refractivity contribution in [1.82, 2.24) is 30.4 Å². The summed E-state index contributed by atoms with van der Waals surface area (Å²) in [5, 5.41) is 19.8. The van der Waals surface area contributed by atoms with Gasteiger partial charge >= 0.3 is 6.18 Å². The zero-order chi connectivity index (χ0) is 25.7. The molecule has 3 N–H and O–H groups in total. The lowest BCUT2D eigenvalue weighted by Crippen LogP contribution is -2.54. The highest BCUT2D eigenvalue weighted by Crippen LogP contribution is 2.50. The number of carbonyl (C=O) groups is 2. The van der Waals surface area contributed by atoms with Gasteiger partial charge in [0.2, 0.25) is 5.91 Å². The quantitative estimate of drug-likeness (QED) is 0.586. The number of halogens is 3. The van der Waals surface area contributed by atoms with E-state index < -0.39 is 24.6 Å². The van der Waals surface area contributed by atoms with Gasteiger partial charge in [-0.1, -0.05) is 0 Å². The van der Waals surface area contributed by atoms with Gasteiger partial charge in [0, 0.05) is 29.7 Å². The Morgan fingerprint density at radius 1 is 1.14 bits per heavy atom. The van der Waals surface area contributed by atoms with Gasteiger partial charge in [-0.15, -0.1) is 0 Å². The Bertz CT molecular complexity index is 1150. The number of aromatic amines is 1. The molecule has 0 aromatic carbocycles. The molecule has 3 aliphatic rings. The number of H-pyrrole nitrogens is 1. The minimum atomic E-state index is -4.66. The number of aromatic nitrogens is 4. The molecular weight excluding hydrogens is 477 g/mol. The highest BCUT2D eigenvalue weighted by atomic mass is 19.4. The number of hydrogen-bond donors (Lipinski definition) is 3. The number of piperidine rings is 1. The van der Waals surface area contributed by atoms with Crippen molar-refractivity contribution in [2.24, 2.45) is 5.92 Å². The standard InChI is InChI=1S/C24H29F3N6O3/c1-14-10-17(29-13-28-14)18-11-19(32-31-18)21(35)33-9-4-15(12-22(33)7-8-22)20(34)30-16-2-5-23(36,6-3-16)24(25,26)27/h10-11,13,15-16,36H,2-9,12H2,1H3,(H,30,34)(H,31,32)/t15-,16-,23-/m1/s1. The number of nitrogens with one attached hydrogen (secondary N) is 2. The van der Waals surface area contributed by atoms with E-state index in [4.69, 9.17) is 0 Å². The fourth-order valence-corrected chi connectivity index (χ4v) is 5.50. The van der Waals surface area contributed by atoms with E-state index in [0.29, 0.717) is 30.8 Å². The van der Waals surface area contributed by atoms with Gasteiger partial charge < -0.3 is 15.3 Å². The normalized spacial score (nSPS) is 27.6. The molecule has 2 aromatic heterocycles. The van der Waals surface area contributed by atoms with Crippen LogP contribution in [0.2, 0.25) is 0 Å². The maximum atomic E-state index is 13.3. The molecule has 2 aromatic rings. The first kappa shape index (κ1) is 24.7. The molecule has 9 nitrogen and oxygen atoms in total. The fourth-order valence-electron chi connectivity index (χ4n) is 5.50. The van der Waals surface area contributed by atoms with Gasteiger partial charge in [-0.05, 0) is 70.4 Å². The molecule has 2 saturated carbocycles. The molecule has 3 fully saturated rings. The largest absolute Gasteiger partial charge is 0.417 e. The minimum Gasteiger partial charge on any atom is -0.380 e. The van der Waals surface area contributed by atoms with Crippen LogP contribution in [-0.2, 0) is 4.79 Å². The van der Waals surface area contributed by atoms with E-state index in [2.05, 4.69) is 25.5 Å². The molecule has 2 amide bonds. The molecule has 3 heterocycles. The summed E-state index contributed by atoms with van der Waals surface area (Å²) in [4.78, 5) is 36.3. The Balaban J connectivity index is 1.19. The third-order valence-corrected chi connectivity index (χ3v) is 7.91. The van der Waals surface area contributed by atoms with Crippen LogP contribution in [0.5, 0.6) is 0 Å². The van der Waals surface area contributed by atoms with E-state index in [0.717, 1.165) is 18.5 Å². The first-order chi connectivity index (χ1) is 17.0. The zero-order valence-electron chi connectivity index (χ0n) is 19.9. The van der Waals surface area contributed by atoms with Crippen molar-refractivity contribution in [3.8, 4) is 11.4 Å². The summed E-state index contributed by atoms with van der Waals surface area (Å²) in [6.45, 7) is 2.26. The molecule has 194 valence electrons. The highest BCUT2D eigenvalue weighted by molar-refractivity contribution is 5.94. The van der Waals surface area contributed by atoms with Gasteiger partial charge in [0.25, 0.3) is 5.91 Å². The number of likely N-dealkylation sites (tertiary alicyclic amines) is 1. The van der Waals surface area contributed by atoms with Gasteiger partial charge in [-0.25, -0.2) is 9.97 Å². The van der Waals surface area contributed by atoms with Crippen LogP contribution in [0, 0.1) is 12.8 Å². The number of alkyl halides is 3. The third-order valence-electron chi connectivity index (χ3n) is 7.91. The number of aryl methyl sites for hydroxylation is 1. The second-order valence-electron chi connectivity index (χ2n) is 10.4. The van der Waals surface area contributed by atoms with Crippen LogP contribution < -0.4 is 5.32 Å². The van der Waals surface area contributed by atoms with Crippen LogP contribution in [-0.4, -0.2) is 71.9 Å². The number of rotatable bonds is 4. The van der Waals surface area contributed by atoms with Crippen molar-refractivity contribution in [3.05, 3.63) is 29.8 Å². The molecule has 5 rings (SSSR count). The van der Waals surface area contributed by atoms with Crippen LogP contribution in [0.3, 0.4) is 0 Å². The number of nitrogens with zero attached hydrogens (tertiary/aromatic N) is 4. The van der Waals surface area contributed by atoms with Crippen LogP contribution in [0.25, 0.3) is 11.4 Å². The van der Waals surface area contributed by atoms with Gasteiger partial charge in [-0.3, -0.25) is 14.7 Å². The van der Waals surface area contributed by atoms with Crippen molar-refractivity contribution in [3.63, 3.8) is 0 Å². The lowest BCUT2D eigenvalue weighted by molar-refractivity contribution is -0.270. The van der Waals surface area contributed by atoms with E-state index in [1.165, 1.54) is 6.33 Å². The van der Waals surface area contributed by atoms with Crippen LogP contribution in [0.1, 0.15) is 67.5 Å². The van der Waals surface area contributed by atoms with Crippen molar-refractivity contribution >= 4 is 11.8 Å². The van der Waals surface area contributed by atoms with E-state index in [1.54, 1.807) is 12.1 Å². The third kappa shape index (κ3) is 4.58. The van der Waals surface area contributed by atoms with Gasteiger partial charge in [-0.2, -0.15) is 18.3 Å². The van der Waals surface area contributed by atoms with E-state index in [-0.39, 0.29) is 47.8 Å². The second kappa shape index (κ2) is 8.82. The summed E-state index contributed by atoms with van der Waals surface area (Å²) in [6.07, 6.45) is -1.30. The van der Waals surface area contributed by atoms with Crippen molar-refractivity contribution in [1.29, 1.82) is 0 Å². The van der Waals surface area contributed by atoms with Gasteiger partial charge in [0.15, 0.2) is 11.3 Å². The maximum Gasteiger partial charge on any atom is 0.417 e. The maximum absolute atomic E-state index is 13.3. The lowest BCUT2D eigenvalue weighted by atomic mass is 9.81. The van der Waals surface area contributed by atoms with Gasteiger partial charge in [0.1, 0.15) is 6.33 Å². The molecular formula is C24H29F3N6O3. The molecule has 1 atom stereocenters. The minimum absolute atomic E-state index is 0.0809. The summed E-state index contributed by atoms with van der Waals surface area (Å²) >= 11 is 0. The zero-order valence-corrected chi connectivity index (χ0v) is 19.9. The average molecular weight is 507 g/mol. The van der Waals surface area contributed by atoms with Crippen molar-refractivity contribution in [2.75, 3.05) is 6.54 Å². The number of aliphatic hydroxyl groups is 1. The van der Waals surface area contributed by atoms with Crippen LogP contribution >= 0.6 is 0 Å². The molecule has 1 saturated heterocycles. The summed E-state index contributed by atoms with van der Waals surface area (Å²) in [5.41, 5.74) is -0.713. The van der Waals surface area contributed by atoms with Crippen molar-refractivity contribution in [2.45, 2.75) is 81.6 Å². The highest BCUT2D eigenvalue weighted by Gasteiger charge is 2.56. The average Bonchev–Trinajstić information content (AvgIpc) is 3.40. The Hall–Kier alpha value is -3.02. The molecule has 2 aliphatic carbocycles. The first-order valence-corrected chi connectivity index (χ1v) is 12.3. The predicted molar refractivity (Wildman–Crippen MR) is 121 cm³/mol.